The fourth-order valence-corrected chi connectivity index (χ4v) is 5.36. The van der Waals surface area contributed by atoms with Crippen LogP contribution in [-0.2, 0) is 39.8 Å². The molecule has 1 aromatic carbocycles. The summed E-state index contributed by atoms with van der Waals surface area (Å²) < 4.78 is 33.1. The van der Waals surface area contributed by atoms with Crippen molar-refractivity contribution in [2.24, 2.45) is 0 Å². The number of hydrogen-bond donors (Lipinski definition) is 12. The van der Waals surface area contributed by atoms with Gasteiger partial charge in [-0.05, 0) is 17.7 Å². The number of nitrogens with one attached hydrogen (secondary N) is 1. The van der Waals surface area contributed by atoms with E-state index in [0.717, 1.165) is 0 Å². The highest BCUT2D eigenvalue weighted by Crippen LogP contribution is 2.33. The molecule has 3 aliphatic rings. The summed E-state index contributed by atoms with van der Waals surface area (Å²) in [5.74, 6) is -1.84. The highest BCUT2D eigenvalue weighted by molar-refractivity contribution is 5.95. The molecule has 0 aliphatic carbocycles. The first-order valence-electron chi connectivity index (χ1n) is 14.9. The first-order chi connectivity index (χ1) is 22.8. The van der Waals surface area contributed by atoms with E-state index in [0.29, 0.717) is 5.56 Å². The summed E-state index contributed by atoms with van der Waals surface area (Å²) >= 11 is 0. The van der Waals surface area contributed by atoms with Crippen molar-refractivity contribution in [3.63, 3.8) is 0 Å². The molecule has 20 nitrogen and oxygen atoms in total. The number of aliphatic hydroxyl groups excluding tert-OH is 10. The number of carbonyl (C=O) groups excluding carboxylic acids is 1. The molecule has 0 aromatic heterocycles. The van der Waals surface area contributed by atoms with Gasteiger partial charge < -0.3 is 89.9 Å². The second kappa shape index (κ2) is 17.0. The number of benzene rings is 1. The van der Waals surface area contributed by atoms with Crippen molar-refractivity contribution in [3.05, 3.63) is 35.4 Å². The zero-order valence-electron chi connectivity index (χ0n) is 25.2. The van der Waals surface area contributed by atoms with Gasteiger partial charge in [-0.2, -0.15) is 0 Å². The van der Waals surface area contributed by atoms with Crippen LogP contribution in [0.5, 0.6) is 0 Å². The van der Waals surface area contributed by atoms with Crippen LogP contribution in [0.25, 0.3) is 0 Å². The zero-order valence-corrected chi connectivity index (χ0v) is 25.2. The van der Waals surface area contributed by atoms with Gasteiger partial charge in [0, 0.05) is 5.56 Å². The van der Waals surface area contributed by atoms with Gasteiger partial charge in [0.25, 0.3) is 5.91 Å². The summed E-state index contributed by atoms with van der Waals surface area (Å²) in [5.41, 5.74) is 0.640. The molecule has 0 saturated carbocycles. The van der Waals surface area contributed by atoms with Gasteiger partial charge in [0.05, 0.1) is 26.4 Å². The lowest BCUT2D eigenvalue weighted by Gasteiger charge is -2.48. The molecule has 3 saturated heterocycles. The maximum absolute atomic E-state index is 12.0. The van der Waals surface area contributed by atoms with E-state index in [1.54, 1.807) is 0 Å². The molecule has 3 aliphatic heterocycles. The molecule has 0 radical (unpaired) electrons. The van der Waals surface area contributed by atoms with E-state index in [2.05, 4.69) is 5.32 Å². The third-order valence-corrected chi connectivity index (χ3v) is 8.11. The van der Waals surface area contributed by atoms with Gasteiger partial charge in [-0.25, -0.2) is 0 Å². The van der Waals surface area contributed by atoms with Crippen molar-refractivity contribution >= 4 is 11.9 Å². The Morgan fingerprint density at radius 2 is 1.08 bits per heavy atom. The van der Waals surface area contributed by atoms with Crippen LogP contribution in [0.15, 0.2) is 24.3 Å². The molecular formula is C28H41NO19. The molecular weight excluding hydrogens is 654 g/mol. The Morgan fingerprint density at radius 3 is 1.58 bits per heavy atom. The minimum Gasteiger partial charge on any atom is -0.480 e. The Kier molecular flexibility index (Phi) is 13.5. The van der Waals surface area contributed by atoms with Crippen molar-refractivity contribution in [2.75, 3.05) is 26.4 Å². The van der Waals surface area contributed by atoms with Crippen molar-refractivity contribution < 1.29 is 94.2 Å². The molecule has 20 heteroatoms. The van der Waals surface area contributed by atoms with Gasteiger partial charge >= 0.3 is 5.97 Å². The van der Waals surface area contributed by atoms with Crippen molar-refractivity contribution in [3.8, 4) is 0 Å². The molecule has 1 amide bonds. The monoisotopic (exact) mass is 695 g/mol. The average Bonchev–Trinajstić information content (AvgIpc) is 3.08. The minimum absolute atomic E-state index is 0.164. The summed E-state index contributed by atoms with van der Waals surface area (Å²) in [4.78, 5) is 22.7. The second-order valence-electron chi connectivity index (χ2n) is 11.4. The van der Waals surface area contributed by atoms with Gasteiger partial charge in [0.1, 0.15) is 79.8 Å². The molecule has 3 fully saturated rings. The Hall–Kier alpha value is -2.48. The molecule has 4 rings (SSSR count). The number of aliphatic hydroxyl groups is 10. The summed E-state index contributed by atoms with van der Waals surface area (Å²) in [5, 5.41) is 114. The van der Waals surface area contributed by atoms with E-state index < -0.39 is 130 Å². The lowest BCUT2D eigenvalue weighted by molar-refractivity contribution is -0.381. The van der Waals surface area contributed by atoms with Crippen molar-refractivity contribution in [1.82, 2.24) is 5.32 Å². The number of carbonyl (C=O) groups is 2. The van der Waals surface area contributed by atoms with Crippen LogP contribution in [-0.4, -0.2) is 187 Å². The molecule has 0 spiro atoms. The van der Waals surface area contributed by atoms with Gasteiger partial charge in [-0.3, -0.25) is 9.59 Å². The summed E-state index contributed by atoms with van der Waals surface area (Å²) in [7, 11) is 0. The van der Waals surface area contributed by atoms with E-state index in [9.17, 15) is 60.7 Å². The lowest BCUT2D eigenvalue weighted by Crippen LogP contribution is -2.66. The van der Waals surface area contributed by atoms with E-state index in [4.69, 9.17) is 33.5 Å². The Balaban J connectivity index is 1.44. The topological polar surface area (TPSA) is 324 Å². The maximum atomic E-state index is 12.0. The second-order valence-corrected chi connectivity index (χ2v) is 11.4. The smallest absolute Gasteiger partial charge is 0.322 e. The third kappa shape index (κ3) is 8.62. The first-order valence-corrected chi connectivity index (χ1v) is 14.9. The van der Waals surface area contributed by atoms with E-state index in [-0.39, 0.29) is 12.2 Å². The molecule has 0 bridgehead atoms. The molecule has 3 heterocycles. The van der Waals surface area contributed by atoms with Gasteiger partial charge in [0.15, 0.2) is 18.9 Å². The normalized spacial score (nSPS) is 40.3. The number of hydrogen-bond acceptors (Lipinski definition) is 18. The third-order valence-electron chi connectivity index (χ3n) is 8.11. The Labute approximate surface area is 272 Å². The molecule has 15 atom stereocenters. The Bertz CT molecular complexity index is 1190. The molecule has 272 valence electrons. The summed E-state index contributed by atoms with van der Waals surface area (Å²) in [6, 6.07) is 5.77. The quantitative estimate of drug-likeness (QED) is 0.0912. The van der Waals surface area contributed by atoms with Crippen molar-refractivity contribution in [2.45, 2.75) is 98.7 Å². The fraction of sp³-hybridized carbons (Fsp3) is 0.714. The van der Waals surface area contributed by atoms with Gasteiger partial charge in [0.2, 0.25) is 0 Å². The summed E-state index contributed by atoms with van der Waals surface area (Å²) in [6.45, 7) is -3.22. The van der Waals surface area contributed by atoms with Crippen LogP contribution in [0.4, 0.5) is 0 Å². The SMILES string of the molecule is O=C(O)CNC(=O)c1ccc(CO[C@@H]2O[C@H](CO)[C@H](O)[C@H](O[C@@H]3O[C@H](CO)[C@H](O)[C@H](O[C@@H]4O[C@H](CO)[C@H](O)[C@H](O)[C@H]4O)[C@H]3O)[C@H]2O)cc1. The lowest BCUT2D eigenvalue weighted by atomic mass is 9.96. The maximum Gasteiger partial charge on any atom is 0.322 e. The number of ether oxygens (including phenoxy) is 6. The average molecular weight is 696 g/mol. The molecule has 1 aromatic rings. The molecule has 0 unspecified atom stereocenters. The number of carboxylic acid groups (broad SMARTS) is 1. The summed E-state index contributed by atoms with van der Waals surface area (Å²) in [6.07, 6.45) is -25.7. The van der Waals surface area contributed by atoms with Crippen LogP contribution in [0.3, 0.4) is 0 Å². The van der Waals surface area contributed by atoms with E-state index in [1.807, 2.05) is 0 Å². The minimum atomic E-state index is -1.98. The highest BCUT2D eigenvalue weighted by atomic mass is 16.8. The standard InChI is InChI=1S/C28H41NO19/c30-6-12-16(35)19(38)20(39)27(45-12)47-24-18(37)14(8-32)46-28(22(24)41)48-23-17(36)13(7-31)44-26(21(23)40)43-9-10-1-3-11(4-2-10)25(42)29-5-15(33)34/h1-4,12-14,16-24,26-28,30-32,35-41H,5-9H2,(H,29,42)(H,33,34)/t12-,13-,14-,16+,17+,18+,19+,20-,21-,22-,23+,24+,26-,27+,28+/m1/s1. The number of aliphatic carboxylic acids is 1. The van der Waals surface area contributed by atoms with Crippen LogP contribution >= 0.6 is 0 Å². The molecule has 48 heavy (non-hydrogen) atoms. The molecule has 12 N–H and O–H groups in total. The van der Waals surface area contributed by atoms with Crippen LogP contribution in [0, 0.1) is 0 Å². The van der Waals surface area contributed by atoms with Crippen LogP contribution in [0.1, 0.15) is 15.9 Å². The van der Waals surface area contributed by atoms with E-state index in [1.165, 1.54) is 24.3 Å². The largest absolute Gasteiger partial charge is 0.480 e. The van der Waals surface area contributed by atoms with Crippen molar-refractivity contribution in [1.29, 1.82) is 0 Å². The number of carboxylic acids is 1. The van der Waals surface area contributed by atoms with Crippen LogP contribution < -0.4 is 5.32 Å². The zero-order chi connectivity index (χ0) is 35.3. The van der Waals surface area contributed by atoms with Gasteiger partial charge in [-0.1, -0.05) is 12.1 Å². The number of rotatable bonds is 13. The first kappa shape index (κ1) is 38.3. The Morgan fingerprint density at radius 1 is 0.625 bits per heavy atom. The van der Waals surface area contributed by atoms with Crippen LogP contribution in [0.2, 0.25) is 0 Å². The number of amides is 1. The van der Waals surface area contributed by atoms with E-state index >= 15 is 0 Å². The predicted octanol–water partition coefficient (Wildman–Crippen LogP) is -6.53. The predicted molar refractivity (Wildman–Crippen MR) is 150 cm³/mol. The van der Waals surface area contributed by atoms with Gasteiger partial charge in [-0.15, -0.1) is 0 Å². The highest BCUT2D eigenvalue weighted by Gasteiger charge is 2.53. The fourth-order valence-electron chi connectivity index (χ4n) is 5.36.